The minimum atomic E-state index is -0.0497. The first kappa shape index (κ1) is 12.4. The van der Waals surface area contributed by atoms with E-state index in [-0.39, 0.29) is 4.87 Å². The van der Waals surface area contributed by atoms with Crippen molar-refractivity contribution < 1.29 is 0 Å². The molecule has 0 aliphatic heterocycles. The van der Waals surface area contributed by atoms with Crippen LogP contribution in [0.1, 0.15) is 11.5 Å². The Hall–Kier alpha value is -1.66. The van der Waals surface area contributed by atoms with Crippen LogP contribution in [0.25, 0.3) is 11.2 Å². The number of nitrogens with one attached hydrogen (secondary N) is 1. The number of imidazole rings is 1. The maximum Gasteiger partial charge on any atom is 0.304 e. The summed E-state index contributed by atoms with van der Waals surface area (Å²) in [4.78, 5) is 22.8. The van der Waals surface area contributed by atoms with Crippen molar-refractivity contribution >= 4 is 34.1 Å². The molecule has 0 unspecified atom stereocenters. The van der Waals surface area contributed by atoms with Crippen LogP contribution in [0.15, 0.2) is 28.5 Å². The standard InChI is InChI=1S/C12H11ClN4OS/c13-4-3-10-16-9-2-1-5-14-11(9)17(10)6-8-7-19-12(18)15-8/h1-2,5,7H,3-4,6H2,(H,15,18). The Labute approximate surface area is 117 Å². The first-order valence-electron chi connectivity index (χ1n) is 5.80. The van der Waals surface area contributed by atoms with Gasteiger partial charge in [0, 0.05) is 29.6 Å². The highest BCUT2D eigenvalue weighted by Gasteiger charge is 2.12. The Balaban J connectivity index is 2.08. The molecule has 0 aliphatic carbocycles. The first-order valence-corrected chi connectivity index (χ1v) is 7.22. The minimum absolute atomic E-state index is 0.0497. The van der Waals surface area contributed by atoms with E-state index in [4.69, 9.17) is 11.6 Å². The van der Waals surface area contributed by atoms with Gasteiger partial charge in [0.15, 0.2) is 5.65 Å². The van der Waals surface area contributed by atoms with Crippen LogP contribution >= 0.6 is 22.9 Å². The number of thiazole rings is 1. The van der Waals surface area contributed by atoms with E-state index < -0.39 is 0 Å². The second-order valence-electron chi connectivity index (χ2n) is 4.07. The molecule has 19 heavy (non-hydrogen) atoms. The Morgan fingerprint density at radius 2 is 2.37 bits per heavy atom. The molecular weight excluding hydrogens is 284 g/mol. The van der Waals surface area contributed by atoms with E-state index >= 15 is 0 Å². The molecule has 0 saturated heterocycles. The lowest BCUT2D eigenvalue weighted by atomic mass is 10.4. The topological polar surface area (TPSA) is 63.6 Å². The van der Waals surface area contributed by atoms with Crippen molar-refractivity contribution in [3.05, 3.63) is 44.9 Å². The average molecular weight is 295 g/mol. The van der Waals surface area contributed by atoms with Gasteiger partial charge in [-0.25, -0.2) is 9.97 Å². The molecule has 1 N–H and O–H groups in total. The maximum absolute atomic E-state index is 11.2. The molecule has 7 heteroatoms. The van der Waals surface area contributed by atoms with Gasteiger partial charge in [0.25, 0.3) is 0 Å². The van der Waals surface area contributed by atoms with Gasteiger partial charge in [0.1, 0.15) is 11.3 Å². The summed E-state index contributed by atoms with van der Waals surface area (Å²) in [7, 11) is 0. The maximum atomic E-state index is 11.2. The molecule has 3 heterocycles. The zero-order valence-electron chi connectivity index (χ0n) is 9.97. The lowest BCUT2D eigenvalue weighted by molar-refractivity contribution is 0.734. The third-order valence-electron chi connectivity index (χ3n) is 2.80. The van der Waals surface area contributed by atoms with Crippen LogP contribution in [-0.2, 0) is 13.0 Å². The molecule has 0 saturated carbocycles. The summed E-state index contributed by atoms with van der Waals surface area (Å²) in [5.74, 6) is 1.39. The fourth-order valence-electron chi connectivity index (χ4n) is 2.01. The number of H-pyrrole nitrogens is 1. The predicted molar refractivity (Wildman–Crippen MR) is 76.0 cm³/mol. The van der Waals surface area contributed by atoms with Crippen LogP contribution in [0.3, 0.4) is 0 Å². The fraction of sp³-hybridized carbons (Fsp3) is 0.250. The Morgan fingerprint density at radius 3 is 3.11 bits per heavy atom. The van der Waals surface area contributed by atoms with Gasteiger partial charge in [-0.2, -0.15) is 0 Å². The molecule has 0 amide bonds. The van der Waals surface area contributed by atoms with Gasteiger partial charge in [0.2, 0.25) is 0 Å². The minimum Gasteiger partial charge on any atom is -0.315 e. The van der Waals surface area contributed by atoms with Crippen molar-refractivity contribution in [3.63, 3.8) is 0 Å². The Morgan fingerprint density at radius 1 is 1.47 bits per heavy atom. The number of pyridine rings is 1. The Kier molecular flexibility index (Phi) is 3.35. The summed E-state index contributed by atoms with van der Waals surface area (Å²) in [5, 5.41) is 1.82. The van der Waals surface area contributed by atoms with Crippen molar-refractivity contribution in [2.24, 2.45) is 0 Å². The summed E-state index contributed by atoms with van der Waals surface area (Å²) >= 11 is 6.97. The summed E-state index contributed by atoms with van der Waals surface area (Å²) in [5.41, 5.74) is 2.52. The SMILES string of the molecule is O=c1[nH]c(Cn2c(CCCl)nc3cccnc32)cs1. The smallest absolute Gasteiger partial charge is 0.304 e. The van der Waals surface area contributed by atoms with Crippen molar-refractivity contribution in [1.29, 1.82) is 0 Å². The fourth-order valence-corrected chi connectivity index (χ4v) is 2.75. The quantitative estimate of drug-likeness (QED) is 0.749. The van der Waals surface area contributed by atoms with Gasteiger partial charge in [-0.1, -0.05) is 11.3 Å². The molecule has 3 aromatic rings. The van der Waals surface area contributed by atoms with Crippen LogP contribution in [-0.4, -0.2) is 25.4 Å². The van der Waals surface area contributed by atoms with Gasteiger partial charge in [-0.3, -0.25) is 4.79 Å². The van der Waals surface area contributed by atoms with Crippen LogP contribution in [0.5, 0.6) is 0 Å². The number of nitrogens with zero attached hydrogens (tertiary/aromatic N) is 3. The van der Waals surface area contributed by atoms with Crippen LogP contribution in [0.4, 0.5) is 0 Å². The lowest BCUT2D eigenvalue weighted by Gasteiger charge is -2.05. The molecule has 0 atom stereocenters. The number of alkyl halides is 1. The molecule has 0 aliphatic rings. The van der Waals surface area contributed by atoms with E-state index in [0.717, 1.165) is 34.0 Å². The van der Waals surface area contributed by atoms with E-state index in [1.54, 1.807) is 6.20 Å². The number of hydrogen-bond acceptors (Lipinski definition) is 4. The molecule has 0 radical (unpaired) electrons. The molecule has 5 nitrogen and oxygen atoms in total. The number of hydrogen-bond donors (Lipinski definition) is 1. The molecule has 3 aromatic heterocycles. The van der Waals surface area contributed by atoms with Gasteiger partial charge < -0.3 is 9.55 Å². The molecule has 98 valence electrons. The summed E-state index contributed by atoms with van der Waals surface area (Å²) in [6.45, 7) is 0.554. The van der Waals surface area contributed by atoms with Crippen molar-refractivity contribution in [3.8, 4) is 0 Å². The van der Waals surface area contributed by atoms with E-state index in [1.807, 2.05) is 22.1 Å². The number of aryl methyl sites for hydroxylation is 1. The summed E-state index contributed by atoms with van der Waals surface area (Å²) < 4.78 is 2.00. The highest BCUT2D eigenvalue weighted by Crippen LogP contribution is 2.16. The highest BCUT2D eigenvalue weighted by atomic mass is 35.5. The van der Waals surface area contributed by atoms with Gasteiger partial charge in [-0.15, -0.1) is 11.6 Å². The van der Waals surface area contributed by atoms with E-state index in [0.29, 0.717) is 18.8 Å². The number of fused-ring (bicyclic) bond motifs is 1. The van der Waals surface area contributed by atoms with Crippen molar-refractivity contribution in [1.82, 2.24) is 19.5 Å². The second kappa shape index (κ2) is 5.14. The molecular formula is C12H11ClN4OS. The summed E-state index contributed by atoms with van der Waals surface area (Å²) in [6.07, 6.45) is 2.41. The lowest BCUT2D eigenvalue weighted by Crippen LogP contribution is -2.08. The van der Waals surface area contributed by atoms with Gasteiger partial charge in [0.05, 0.1) is 6.54 Å². The number of aromatic nitrogens is 4. The largest absolute Gasteiger partial charge is 0.315 e. The number of halogens is 1. The second-order valence-corrected chi connectivity index (χ2v) is 5.29. The average Bonchev–Trinajstić information content (AvgIpc) is 2.96. The van der Waals surface area contributed by atoms with Crippen LogP contribution in [0, 0.1) is 0 Å². The van der Waals surface area contributed by atoms with Gasteiger partial charge >= 0.3 is 4.87 Å². The summed E-state index contributed by atoms with van der Waals surface area (Å²) in [6, 6.07) is 3.78. The number of rotatable bonds is 4. The van der Waals surface area contributed by atoms with Crippen molar-refractivity contribution in [2.75, 3.05) is 5.88 Å². The molecule has 0 fully saturated rings. The first-order chi connectivity index (χ1) is 9.28. The monoisotopic (exact) mass is 294 g/mol. The Bertz CT molecular complexity index is 760. The normalized spacial score (nSPS) is 11.2. The van der Waals surface area contributed by atoms with Crippen molar-refractivity contribution in [2.45, 2.75) is 13.0 Å². The molecule has 3 rings (SSSR count). The number of aromatic amines is 1. The molecule has 0 bridgehead atoms. The van der Waals surface area contributed by atoms with E-state index in [1.165, 1.54) is 0 Å². The van der Waals surface area contributed by atoms with E-state index in [9.17, 15) is 4.79 Å². The van der Waals surface area contributed by atoms with E-state index in [2.05, 4.69) is 15.0 Å². The third-order valence-corrected chi connectivity index (χ3v) is 3.71. The van der Waals surface area contributed by atoms with Gasteiger partial charge in [-0.05, 0) is 12.1 Å². The zero-order valence-corrected chi connectivity index (χ0v) is 11.5. The molecule has 0 spiro atoms. The zero-order chi connectivity index (χ0) is 13.2. The highest BCUT2D eigenvalue weighted by molar-refractivity contribution is 7.07. The van der Waals surface area contributed by atoms with Crippen LogP contribution < -0.4 is 4.87 Å². The third kappa shape index (κ3) is 2.41. The molecule has 0 aromatic carbocycles. The van der Waals surface area contributed by atoms with Crippen LogP contribution in [0.2, 0.25) is 0 Å². The predicted octanol–water partition coefficient (Wildman–Crippen LogP) is 2.01.